The molecular weight excluding hydrogens is 262 g/mol. The lowest BCUT2D eigenvalue weighted by Crippen LogP contribution is -2.16. The Balaban J connectivity index is 2.67. The second kappa shape index (κ2) is 8.28. The normalized spacial score (nSPS) is 10.8. The van der Waals surface area contributed by atoms with Crippen molar-refractivity contribution < 1.29 is 9.47 Å². The van der Waals surface area contributed by atoms with Crippen molar-refractivity contribution in [2.75, 3.05) is 20.3 Å². The molecule has 0 fully saturated rings. The smallest absolute Gasteiger partial charge is 0.179 e. The van der Waals surface area contributed by atoms with Gasteiger partial charge in [-0.2, -0.15) is 0 Å². The van der Waals surface area contributed by atoms with Crippen LogP contribution in [0.5, 0.6) is 11.5 Å². The summed E-state index contributed by atoms with van der Waals surface area (Å²) in [7, 11) is 1.63. The molecule has 0 bridgehead atoms. The van der Waals surface area contributed by atoms with E-state index in [0.717, 1.165) is 18.7 Å². The molecule has 0 aliphatic carbocycles. The first-order valence-corrected chi connectivity index (χ1v) is 7.16. The van der Waals surface area contributed by atoms with Crippen LogP contribution in [-0.2, 0) is 6.54 Å². The summed E-state index contributed by atoms with van der Waals surface area (Å²) in [5.74, 6) is 2.03. The molecule has 0 radical (unpaired) electrons. The van der Waals surface area contributed by atoms with Gasteiger partial charge in [0.2, 0.25) is 0 Å². The van der Waals surface area contributed by atoms with Crippen molar-refractivity contribution in [3.05, 3.63) is 22.7 Å². The van der Waals surface area contributed by atoms with E-state index in [4.69, 9.17) is 21.1 Å². The molecule has 0 unspecified atom stereocenters. The highest BCUT2D eigenvalue weighted by molar-refractivity contribution is 6.32. The maximum Gasteiger partial charge on any atom is 0.179 e. The minimum Gasteiger partial charge on any atom is -0.493 e. The summed E-state index contributed by atoms with van der Waals surface area (Å²) in [5.41, 5.74) is 1.11. The van der Waals surface area contributed by atoms with Gasteiger partial charge < -0.3 is 14.8 Å². The van der Waals surface area contributed by atoms with E-state index >= 15 is 0 Å². The van der Waals surface area contributed by atoms with Gasteiger partial charge in [-0.1, -0.05) is 25.4 Å². The molecule has 1 rings (SSSR count). The predicted molar refractivity (Wildman–Crippen MR) is 80.3 cm³/mol. The molecule has 3 nitrogen and oxygen atoms in total. The molecule has 1 aromatic rings. The van der Waals surface area contributed by atoms with Gasteiger partial charge in [-0.05, 0) is 43.5 Å². The van der Waals surface area contributed by atoms with E-state index in [2.05, 4.69) is 19.2 Å². The maximum atomic E-state index is 6.22. The van der Waals surface area contributed by atoms with E-state index in [1.165, 1.54) is 6.42 Å². The molecule has 4 heteroatoms. The first kappa shape index (κ1) is 16.1. The summed E-state index contributed by atoms with van der Waals surface area (Å²) in [4.78, 5) is 0. The molecule has 0 aliphatic heterocycles. The van der Waals surface area contributed by atoms with Crippen molar-refractivity contribution >= 4 is 11.6 Å². The average Bonchev–Trinajstić information content (AvgIpc) is 2.37. The van der Waals surface area contributed by atoms with Gasteiger partial charge in [0, 0.05) is 6.54 Å². The van der Waals surface area contributed by atoms with Gasteiger partial charge in [0.1, 0.15) is 0 Å². The molecule has 0 saturated carbocycles. The van der Waals surface area contributed by atoms with Gasteiger partial charge in [0.15, 0.2) is 11.5 Å². The molecular formula is C15H24ClNO2. The van der Waals surface area contributed by atoms with Crippen LogP contribution in [0, 0.1) is 5.92 Å². The van der Waals surface area contributed by atoms with Crippen LogP contribution in [0.1, 0.15) is 32.8 Å². The van der Waals surface area contributed by atoms with Gasteiger partial charge in [-0.25, -0.2) is 0 Å². The van der Waals surface area contributed by atoms with Crippen LogP contribution in [0.25, 0.3) is 0 Å². The van der Waals surface area contributed by atoms with Crippen molar-refractivity contribution in [3.63, 3.8) is 0 Å². The first-order chi connectivity index (χ1) is 9.08. The zero-order valence-corrected chi connectivity index (χ0v) is 13.0. The largest absolute Gasteiger partial charge is 0.493 e. The molecule has 0 amide bonds. The van der Waals surface area contributed by atoms with Crippen LogP contribution in [0.15, 0.2) is 12.1 Å². The molecule has 1 N–H and O–H groups in total. The fourth-order valence-corrected chi connectivity index (χ4v) is 2.07. The summed E-state index contributed by atoms with van der Waals surface area (Å²) in [6, 6.07) is 3.90. The number of rotatable bonds is 8. The van der Waals surface area contributed by atoms with Gasteiger partial charge in [0.25, 0.3) is 0 Å². The van der Waals surface area contributed by atoms with Crippen molar-refractivity contribution in [1.29, 1.82) is 0 Å². The van der Waals surface area contributed by atoms with Crippen LogP contribution in [0.3, 0.4) is 0 Å². The van der Waals surface area contributed by atoms with E-state index in [0.29, 0.717) is 29.0 Å². The Morgan fingerprint density at radius 1 is 1.32 bits per heavy atom. The number of hydrogen-bond acceptors (Lipinski definition) is 3. The highest BCUT2D eigenvalue weighted by Crippen LogP contribution is 2.36. The van der Waals surface area contributed by atoms with Gasteiger partial charge >= 0.3 is 0 Å². The Hall–Kier alpha value is -0.930. The quantitative estimate of drug-likeness (QED) is 0.735. The Kier molecular flexibility index (Phi) is 7.03. The van der Waals surface area contributed by atoms with Crippen LogP contribution >= 0.6 is 11.6 Å². The number of methoxy groups -OCH3 is 1. The second-order valence-electron chi connectivity index (χ2n) is 4.90. The topological polar surface area (TPSA) is 30.5 Å². The van der Waals surface area contributed by atoms with E-state index in [-0.39, 0.29) is 0 Å². The summed E-state index contributed by atoms with van der Waals surface area (Å²) in [5, 5.41) is 4.01. The molecule has 0 spiro atoms. The Morgan fingerprint density at radius 3 is 2.63 bits per heavy atom. The molecule has 0 heterocycles. The molecule has 0 saturated heterocycles. The summed E-state index contributed by atoms with van der Waals surface area (Å²) in [6.45, 7) is 8.73. The van der Waals surface area contributed by atoms with Crippen molar-refractivity contribution in [2.24, 2.45) is 5.92 Å². The zero-order valence-electron chi connectivity index (χ0n) is 12.3. The van der Waals surface area contributed by atoms with E-state index in [9.17, 15) is 0 Å². The zero-order chi connectivity index (χ0) is 14.3. The van der Waals surface area contributed by atoms with E-state index in [1.54, 1.807) is 7.11 Å². The molecule has 0 atom stereocenters. The van der Waals surface area contributed by atoms with Crippen LogP contribution in [0.2, 0.25) is 5.02 Å². The highest BCUT2D eigenvalue weighted by atomic mass is 35.5. The molecule has 0 aromatic heterocycles. The Morgan fingerprint density at radius 2 is 2.05 bits per heavy atom. The van der Waals surface area contributed by atoms with E-state index < -0.39 is 0 Å². The Labute approximate surface area is 121 Å². The van der Waals surface area contributed by atoms with Crippen molar-refractivity contribution in [1.82, 2.24) is 5.32 Å². The summed E-state index contributed by atoms with van der Waals surface area (Å²) >= 11 is 6.22. The molecule has 108 valence electrons. The van der Waals surface area contributed by atoms with E-state index in [1.807, 2.05) is 19.1 Å². The molecule has 0 aliphatic rings. The van der Waals surface area contributed by atoms with Crippen LogP contribution in [-0.4, -0.2) is 20.3 Å². The lowest BCUT2D eigenvalue weighted by Gasteiger charge is -2.13. The second-order valence-corrected chi connectivity index (χ2v) is 5.31. The lowest BCUT2D eigenvalue weighted by molar-refractivity contribution is 0.311. The summed E-state index contributed by atoms with van der Waals surface area (Å²) in [6.07, 6.45) is 1.17. The van der Waals surface area contributed by atoms with Gasteiger partial charge in [-0.3, -0.25) is 0 Å². The molecule has 1 aromatic carbocycles. The minimum atomic E-state index is 0.571. The number of benzene rings is 1. The van der Waals surface area contributed by atoms with Gasteiger partial charge in [-0.15, -0.1) is 0 Å². The SMILES string of the molecule is CCOc1c(Cl)cc(CNCCC(C)C)cc1OC. The lowest BCUT2D eigenvalue weighted by atomic mass is 10.1. The molecule has 19 heavy (non-hydrogen) atoms. The standard InChI is InChI=1S/C15H24ClNO2/c1-5-19-15-13(16)8-12(9-14(15)18-4)10-17-7-6-11(2)3/h8-9,11,17H,5-7,10H2,1-4H3. The number of ether oxygens (including phenoxy) is 2. The number of nitrogens with one attached hydrogen (secondary N) is 1. The third-order valence-electron chi connectivity index (χ3n) is 2.81. The van der Waals surface area contributed by atoms with Crippen LogP contribution < -0.4 is 14.8 Å². The van der Waals surface area contributed by atoms with Gasteiger partial charge in [0.05, 0.1) is 18.7 Å². The fourth-order valence-electron chi connectivity index (χ4n) is 1.78. The van der Waals surface area contributed by atoms with Crippen molar-refractivity contribution in [3.8, 4) is 11.5 Å². The fraction of sp³-hybridized carbons (Fsp3) is 0.600. The third-order valence-corrected chi connectivity index (χ3v) is 3.09. The average molecular weight is 286 g/mol. The maximum absolute atomic E-state index is 6.22. The minimum absolute atomic E-state index is 0.571. The number of hydrogen-bond donors (Lipinski definition) is 1. The third kappa shape index (κ3) is 5.29. The highest BCUT2D eigenvalue weighted by Gasteiger charge is 2.11. The first-order valence-electron chi connectivity index (χ1n) is 6.78. The Bertz CT molecular complexity index is 394. The predicted octanol–water partition coefficient (Wildman–Crippen LogP) is 3.88. The van der Waals surface area contributed by atoms with Crippen LogP contribution in [0.4, 0.5) is 0 Å². The number of halogens is 1. The van der Waals surface area contributed by atoms with Crippen molar-refractivity contribution in [2.45, 2.75) is 33.7 Å². The monoisotopic (exact) mass is 285 g/mol. The summed E-state index contributed by atoms with van der Waals surface area (Å²) < 4.78 is 10.8.